The highest BCUT2D eigenvalue weighted by atomic mass is 32.2. The summed E-state index contributed by atoms with van der Waals surface area (Å²) >= 11 is 0. The molecule has 0 unspecified atom stereocenters. The number of aryl methyl sites for hydroxylation is 3. The van der Waals surface area contributed by atoms with Gasteiger partial charge in [0, 0.05) is 18.9 Å². The largest absolute Gasteiger partial charge is 0.322 e. The summed E-state index contributed by atoms with van der Waals surface area (Å²) in [6.07, 6.45) is 5.31. The van der Waals surface area contributed by atoms with Crippen molar-refractivity contribution in [3.05, 3.63) is 40.7 Å². The molecule has 0 radical (unpaired) electrons. The molecule has 1 aliphatic heterocycles. The second-order valence-electron chi connectivity index (χ2n) is 8.47. The predicted molar refractivity (Wildman–Crippen MR) is 114 cm³/mol. The average molecular weight is 467 g/mol. The van der Waals surface area contributed by atoms with E-state index in [0.717, 1.165) is 25.5 Å². The van der Waals surface area contributed by atoms with Crippen molar-refractivity contribution in [1.29, 1.82) is 0 Å². The quantitative estimate of drug-likeness (QED) is 0.680. The van der Waals surface area contributed by atoms with Crippen LogP contribution in [0.5, 0.6) is 0 Å². The third-order valence-corrected chi connectivity index (χ3v) is 6.36. The van der Waals surface area contributed by atoms with E-state index in [1.807, 2.05) is 0 Å². The molecule has 1 saturated carbocycles. The van der Waals surface area contributed by atoms with Crippen LogP contribution in [0.4, 0.5) is 20.2 Å². The normalized spacial score (nSPS) is 16.3. The van der Waals surface area contributed by atoms with Gasteiger partial charge in [0.15, 0.2) is 9.84 Å². The monoisotopic (exact) mass is 466 g/mol. The van der Waals surface area contributed by atoms with Gasteiger partial charge in [0.1, 0.15) is 23.1 Å². The lowest BCUT2D eigenvalue weighted by Gasteiger charge is -2.12. The fourth-order valence-corrected chi connectivity index (χ4v) is 4.48. The molecule has 1 aromatic heterocycles. The van der Waals surface area contributed by atoms with Gasteiger partial charge < -0.3 is 10.6 Å². The van der Waals surface area contributed by atoms with E-state index in [1.165, 1.54) is 10.7 Å². The summed E-state index contributed by atoms with van der Waals surface area (Å²) in [7, 11) is -3.58. The Hall–Kier alpha value is -2.82. The van der Waals surface area contributed by atoms with Gasteiger partial charge in [-0.15, -0.1) is 0 Å². The number of carbonyl (C=O) groups is 2. The lowest BCUT2D eigenvalue weighted by molar-refractivity contribution is -0.113. The Morgan fingerprint density at radius 2 is 2.06 bits per heavy atom. The number of aromatic nitrogens is 2. The van der Waals surface area contributed by atoms with Gasteiger partial charge in [-0.2, -0.15) is 5.10 Å². The molecule has 0 bridgehead atoms. The molecule has 0 saturated heterocycles. The zero-order valence-electron chi connectivity index (χ0n) is 17.6. The van der Waals surface area contributed by atoms with Crippen molar-refractivity contribution in [2.24, 2.45) is 5.92 Å². The third-order valence-electron chi connectivity index (χ3n) is 5.58. The van der Waals surface area contributed by atoms with Gasteiger partial charge >= 0.3 is 0 Å². The fourth-order valence-electron chi connectivity index (χ4n) is 3.93. The van der Waals surface area contributed by atoms with Gasteiger partial charge in [-0.3, -0.25) is 14.3 Å². The minimum Gasteiger partial charge on any atom is -0.322 e. The van der Waals surface area contributed by atoms with Gasteiger partial charge in [-0.1, -0.05) is 12.8 Å². The highest BCUT2D eigenvalue weighted by Gasteiger charge is 2.29. The van der Waals surface area contributed by atoms with Gasteiger partial charge in [0.25, 0.3) is 5.91 Å². The number of sulfone groups is 1. The van der Waals surface area contributed by atoms with E-state index in [1.54, 1.807) is 0 Å². The Morgan fingerprint density at radius 1 is 1.31 bits per heavy atom. The Morgan fingerprint density at radius 3 is 2.75 bits per heavy atom. The first-order valence-corrected chi connectivity index (χ1v) is 12.5. The topological polar surface area (TPSA) is 110 Å². The van der Waals surface area contributed by atoms with E-state index in [9.17, 15) is 26.8 Å². The van der Waals surface area contributed by atoms with Gasteiger partial charge in [0.2, 0.25) is 5.91 Å². The van der Waals surface area contributed by atoms with Crippen molar-refractivity contribution in [3.63, 3.8) is 0 Å². The number of carbonyl (C=O) groups excluding carboxylic acids is 2. The number of benzene rings is 1. The summed E-state index contributed by atoms with van der Waals surface area (Å²) in [5.41, 5.74) is 0.874. The molecular formula is C21H24F2N4O4S. The molecule has 1 aliphatic carbocycles. The Labute approximate surface area is 184 Å². The Balaban J connectivity index is 1.72. The van der Waals surface area contributed by atoms with E-state index >= 15 is 0 Å². The van der Waals surface area contributed by atoms with Crippen LogP contribution in [0.15, 0.2) is 12.1 Å². The molecule has 2 aromatic rings. The highest BCUT2D eigenvalue weighted by molar-refractivity contribution is 7.91. The van der Waals surface area contributed by atoms with Crippen molar-refractivity contribution >= 4 is 33.0 Å². The number of hydrogen-bond acceptors (Lipinski definition) is 5. The SMILES string of the molecule is CS(=O)(=O)CC(=O)Nc1c(CCC2CC2)nn2c1C(=O)Nc1c(F)cc(F)cc1CCC2. The minimum absolute atomic E-state index is 0.0224. The van der Waals surface area contributed by atoms with Crippen LogP contribution >= 0.6 is 0 Å². The maximum Gasteiger partial charge on any atom is 0.276 e. The molecule has 0 atom stereocenters. The number of amides is 2. The number of hydrogen-bond donors (Lipinski definition) is 2. The lowest BCUT2D eigenvalue weighted by Crippen LogP contribution is -2.25. The van der Waals surface area contributed by atoms with Crippen molar-refractivity contribution in [1.82, 2.24) is 9.78 Å². The number of halogens is 2. The molecule has 2 N–H and O–H groups in total. The first-order valence-electron chi connectivity index (χ1n) is 10.5. The van der Waals surface area contributed by atoms with E-state index in [-0.39, 0.29) is 17.1 Å². The van der Waals surface area contributed by atoms with Crippen molar-refractivity contribution in [2.45, 2.75) is 45.1 Å². The molecule has 1 fully saturated rings. The van der Waals surface area contributed by atoms with Crippen LogP contribution in [0, 0.1) is 17.6 Å². The number of nitrogens with one attached hydrogen (secondary N) is 2. The Bertz CT molecular complexity index is 1190. The number of fused-ring (bicyclic) bond motifs is 2. The Kier molecular flexibility index (Phi) is 6.02. The maximum atomic E-state index is 14.4. The molecule has 11 heteroatoms. The minimum atomic E-state index is -3.58. The van der Waals surface area contributed by atoms with E-state index < -0.39 is 39.0 Å². The maximum absolute atomic E-state index is 14.4. The van der Waals surface area contributed by atoms with Crippen molar-refractivity contribution in [3.8, 4) is 0 Å². The molecule has 32 heavy (non-hydrogen) atoms. The van der Waals surface area contributed by atoms with Crippen molar-refractivity contribution < 1.29 is 26.8 Å². The summed E-state index contributed by atoms with van der Waals surface area (Å²) in [5.74, 6) is -3.28. The van der Waals surface area contributed by atoms with Gasteiger partial charge in [-0.25, -0.2) is 17.2 Å². The highest BCUT2D eigenvalue weighted by Crippen LogP contribution is 2.35. The van der Waals surface area contributed by atoms with Crippen molar-refractivity contribution in [2.75, 3.05) is 22.6 Å². The summed E-state index contributed by atoms with van der Waals surface area (Å²) in [6, 6.07) is 1.88. The third kappa shape index (κ3) is 5.14. The fraction of sp³-hybridized carbons (Fsp3) is 0.476. The van der Waals surface area contributed by atoms with Crippen LogP contribution in [-0.2, 0) is 34.0 Å². The summed E-state index contributed by atoms with van der Waals surface area (Å²) in [4.78, 5) is 25.5. The van der Waals surface area contributed by atoms with Crippen LogP contribution in [0.2, 0.25) is 0 Å². The number of anilines is 2. The molecule has 4 rings (SSSR count). The molecule has 2 aliphatic rings. The van der Waals surface area contributed by atoms with E-state index in [2.05, 4.69) is 15.7 Å². The second kappa shape index (κ2) is 8.61. The van der Waals surface area contributed by atoms with Crippen LogP contribution in [0.25, 0.3) is 0 Å². The number of nitrogens with zero attached hydrogens (tertiary/aromatic N) is 2. The summed E-state index contributed by atoms with van der Waals surface area (Å²) in [5, 5.41) is 9.57. The second-order valence-corrected chi connectivity index (χ2v) is 10.6. The lowest BCUT2D eigenvalue weighted by atomic mass is 10.1. The molecular weight excluding hydrogens is 442 g/mol. The predicted octanol–water partition coefficient (Wildman–Crippen LogP) is 2.69. The molecule has 8 nitrogen and oxygen atoms in total. The molecule has 2 amide bonds. The van der Waals surface area contributed by atoms with Gasteiger partial charge in [-0.05, 0) is 43.2 Å². The molecule has 1 aromatic carbocycles. The van der Waals surface area contributed by atoms with Gasteiger partial charge in [0.05, 0.1) is 17.1 Å². The van der Waals surface area contributed by atoms with E-state index in [0.29, 0.717) is 49.0 Å². The van der Waals surface area contributed by atoms with Crippen LogP contribution in [0.3, 0.4) is 0 Å². The van der Waals surface area contributed by atoms with E-state index in [4.69, 9.17) is 0 Å². The van der Waals surface area contributed by atoms with Crippen LogP contribution in [-0.4, -0.2) is 42.0 Å². The molecule has 172 valence electrons. The summed E-state index contributed by atoms with van der Waals surface area (Å²) in [6.45, 7) is 0.290. The zero-order valence-corrected chi connectivity index (χ0v) is 18.4. The number of rotatable bonds is 6. The first-order chi connectivity index (χ1) is 15.1. The first kappa shape index (κ1) is 22.4. The molecule has 2 heterocycles. The van der Waals surface area contributed by atoms with Crippen LogP contribution in [0.1, 0.15) is 47.4 Å². The van der Waals surface area contributed by atoms with Crippen LogP contribution < -0.4 is 10.6 Å². The standard InChI is InChI=1S/C21H24F2N4O4S/c1-32(30,31)11-17(28)24-19-16(7-6-12-4-5-12)26-27-8-2-3-13-9-14(22)10-15(23)18(13)25-21(29)20(19)27/h9-10,12H,2-8,11H2,1H3,(H,24,28)(H,25,29). The smallest absolute Gasteiger partial charge is 0.276 e. The average Bonchev–Trinajstić information content (AvgIpc) is 3.42. The summed E-state index contributed by atoms with van der Waals surface area (Å²) < 4.78 is 52.7. The zero-order chi connectivity index (χ0) is 23.0. The molecule has 0 spiro atoms.